The first-order valence-corrected chi connectivity index (χ1v) is 21.5. The van der Waals surface area contributed by atoms with Gasteiger partial charge in [0, 0.05) is 24.5 Å². The topological polar surface area (TPSA) is 88.7 Å². The fourth-order valence-electron chi connectivity index (χ4n) is 6.81. The van der Waals surface area contributed by atoms with Crippen LogP contribution in [-0.4, -0.2) is 75.2 Å². The lowest BCUT2D eigenvalue weighted by Gasteiger charge is -2.17. The highest BCUT2D eigenvalue weighted by Crippen LogP contribution is 2.18. The minimum Gasteiger partial charge on any atom is -0.338 e. The van der Waals surface area contributed by atoms with Gasteiger partial charge < -0.3 is 31.1 Å². The van der Waals surface area contributed by atoms with Crippen LogP contribution in [0.4, 0.5) is 21.0 Å². The zero-order chi connectivity index (χ0) is 38.2. The van der Waals surface area contributed by atoms with Gasteiger partial charge in [0.15, 0.2) is 0 Å². The van der Waals surface area contributed by atoms with Crippen LogP contribution in [0.5, 0.6) is 0 Å². The smallest absolute Gasteiger partial charge is 0.319 e. The Bertz CT molecular complexity index is 1120. The maximum absolute atomic E-state index is 12.6. The number of nitrogens with one attached hydrogen (secondary N) is 4. The molecule has 2 aromatic carbocycles. The number of anilines is 2. The largest absolute Gasteiger partial charge is 0.338 e. The van der Waals surface area contributed by atoms with Crippen LogP contribution in [0.2, 0.25) is 0 Å². The van der Waals surface area contributed by atoms with E-state index >= 15 is 0 Å². The van der Waals surface area contributed by atoms with Crippen LogP contribution in [0.3, 0.4) is 0 Å². The van der Waals surface area contributed by atoms with E-state index in [0.717, 1.165) is 61.5 Å². The molecule has 2 rings (SSSR count). The number of benzene rings is 2. The van der Waals surface area contributed by atoms with E-state index in [1.807, 2.05) is 36.4 Å². The number of hydrogen-bond acceptors (Lipinski definition) is 4. The van der Waals surface area contributed by atoms with Gasteiger partial charge in [-0.1, -0.05) is 141 Å². The normalized spacial score (nSPS) is 11.3. The number of carbonyl (C=O) groups is 2. The molecule has 0 radical (unpaired) electrons. The third-order valence-electron chi connectivity index (χ3n) is 10.1. The van der Waals surface area contributed by atoms with Gasteiger partial charge in [-0.2, -0.15) is 0 Å². The summed E-state index contributed by atoms with van der Waals surface area (Å²) in [7, 11) is 4.36. The predicted octanol–water partition coefficient (Wildman–Crippen LogP) is 11.2. The molecule has 0 aliphatic carbocycles. The molecule has 0 aliphatic rings. The molecule has 4 amide bonds. The van der Waals surface area contributed by atoms with Crippen molar-refractivity contribution in [1.82, 2.24) is 20.4 Å². The monoisotopic (exact) mass is 735 g/mol. The standard InChI is InChI=1S/C45H78N6O2/c1-5-7-9-11-13-15-17-19-21-33-50(3)35-25-31-46-44(52)48-42-29-23-27-40(38-42)37-41-28-24-30-43(39-41)49-45(53)47-32-26-36-51(4)34-22-20-18-16-14-12-10-8-6-2/h23-24,27-30,38-39H,5-22,25-26,31-37H2,1-4H3,(H2,46,48,52)(H2,47,49,53). The van der Waals surface area contributed by atoms with Crippen LogP contribution in [0, 0.1) is 0 Å². The first-order valence-electron chi connectivity index (χ1n) is 21.5. The lowest BCUT2D eigenvalue weighted by Crippen LogP contribution is -2.32. The maximum Gasteiger partial charge on any atom is 0.319 e. The average Bonchev–Trinajstić information content (AvgIpc) is 3.14. The molecule has 0 heterocycles. The third-order valence-corrected chi connectivity index (χ3v) is 10.1. The van der Waals surface area contributed by atoms with Gasteiger partial charge in [0.2, 0.25) is 0 Å². The second-order valence-corrected chi connectivity index (χ2v) is 15.3. The Labute approximate surface area is 325 Å². The fraction of sp³-hybridized carbons (Fsp3) is 0.689. The Morgan fingerprint density at radius 2 is 0.811 bits per heavy atom. The fourth-order valence-corrected chi connectivity index (χ4v) is 6.81. The predicted molar refractivity (Wildman–Crippen MR) is 228 cm³/mol. The van der Waals surface area contributed by atoms with Crippen LogP contribution in [0.15, 0.2) is 48.5 Å². The molecule has 8 nitrogen and oxygen atoms in total. The van der Waals surface area contributed by atoms with Crippen LogP contribution in [-0.2, 0) is 6.42 Å². The first-order chi connectivity index (χ1) is 25.9. The van der Waals surface area contributed by atoms with E-state index in [1.165, 1.54) is 116 Å². The van der Waals surface area contributed by atoms with Crippen molar-refractivity contribution in [2.75, 3.05) is 64.0 Å². The summed E-state index contributed by atoms with van der Waals surface area (Å²) >= 11 is 0. The van der Waals surface area contributed by atoms with Crippen molar-refractivity contribution in [3.05, 3.63) is 59.7 Å². The Morgan fingerprint density at radius 1 is 0.472 bits per heavy atom. The molecular weight excluding hydrogens is 657 g/mol. The van der Waals surface area contributed by atoms with Crippen LogP contribution in [0.1, 0.15) is 153 Å². The molecule has 0 saturated heterocycles. The van der Waals surface area contributed by atoms with Crippen molar-refractivity contribution in [2.45, 2.75) is 149 Å². The zero-order valence-corrected chi connectivity index (χ0v) is 34.4. The second-order valence-electron chi connectivity index (χ2n) is 15.3. The van der Waals surface area contributed by atoms with E-state index in [1.54, 1.807) is 0 Å². The Hall–Kier alpha value is -3.10. The molecule has 300 valence electrons. The third kappa shape index (κ3) is 25.5. The Kier molecular flexibility index (Phi) is 27.2. The van der Waals surface area contributed by atoms with E-state index in [2.05, 4.69) is 71.1 Å². The minimum absolute atomic E-state index is 0.175. The highest BCUT2D eigenvalue weighted by molar-refractivity contribution is 5.89. The molecule has 0 atom stereocenters. The number of hydrogen-bond donors (Lipinski definition) is 4. The van der Waals surface area contributed by atoms with Crippen LogP contribution in [0.25, 0.3) is 0 Å². The van der Waals surface area contributed by atoms with Crippen LogP contribution < -0.4 is 21.3 Å². The quantitative estimate of drug-likeness (QED) is 0.0564. The Morgan fingerprint density at radius 3 is 1.19 bits per heavy atom. The molecule has 0 bridgehead atoms. The molecule has 0 aromatic heterocycles. The summed E-state index contributed by atoms with van der Waals surface area (Å²) in [4.78, 5) is 29.9. The maximum atomic E-state index is 12.6. The van der Waals surface area contributed by atoms with Crippen molar-refractivity contribution in [3.8, 4) is 0 Å². The summed E-state index contributed by atoms with van der Waals surface area (Å²) in [5, 5.41) is 12.0. The van der Waals surface area contributed by atoms with Crippen LogP contribution >= 0.6 is 0 Å². The molecular formula is C45H78N6O2. The summed E-state index contributed by atoms with van der Waals surface area (Å²) in [6, 6.07) is 15.6. The highest BCUT2D eigenvalue weighted by atomic mass is 16.2. The molecule has 0 spiro atoms. The molecule has 0 aliphatic heterocycles. The number of nitrogens with zero attached hydrogens (tertiary/aromatic N) is 2. The molecule has 4 N–H and O–H groups in total. The highest BCUT2D eigenvalue weighted by Gasteiger charge is 2.07. The number of rotatable bonds is 32. The number of carbonyl (C=O) groups excluding carboxylic acids is 2. The van der Waals surface area contributed by atoms with Crippen molar-refractivity contribution >= 4 is 23.4 Å². The molecule has 0 fully saturated rings. The molecule has 2 aromatic rings. The summed E-state index contributed by atoms with van der Waals surface area (Å²) < 4.78 is 0. The number of amides is 4. The van der Waals surface area contributed by atoms with E-state index < -0.39 is 0 Å². The molecule has 0 saturated carbocycles. The van der Waals surface area contributed by atoms with Crippen molar-refractivity contribution < 1.29 is 9.59 Å². The first kappa shape index (κ1) is 46.1. The molecule has 53 heavy (non-hydrogen) atoms. The van der Waals surface area contributed by atoms with Crippen molar-refractivity contribution in [2.24, 2.45) is 0 Å². The van der Waals surface area contributed by atoms with Gasteiger partial charge in [-0.25, -0.2) is 9.59 Å². The lowest BCUT2D eigenvalue weighted by molar-refractivity contribution is 0.250. The van der Waals surface area contributed by atoms with Gasteiger partial charge in [0.25, 0.3) is 0 Å². The van der Waals surface area contributed by atoms with E-state index in [-0.39, 0.29) is 12.1 Å². The Balaban J connectivity index is 1.57. The summed E-state index contributed by atoms with van der Waals surface area (Å²) in [5.74, 6) is 0. The summed E-state index contributed by atoms with van der Waals surface area (Å²) in [6.45, 7) is 10.1. The van der Waals surface area contributed by atoms with Gasteiger partial charge in [-0.05, 0) is 108 Å². The molecule has 8 heteroatoms. The second kappa shape index (κ2) is 31.3. The van der Waals surface area contributed by atoms with Gasteiger partial charge >= 0.3 is 12.1 Å². The summed E-state index contributed by atoms with van der Waals surface area (Å²) in [5.41, 5.74) is 3.73. The lowest BCUT2D eigenvalue weighted by atomic mass is 10.0. The van der Waals surface area contributed by atoms with E-state index in [9.17, 15) is 9.59 Å². The van der Waals surface area contributed by atoms with E-state index in [0.29, 0.717) is 19.5 Å². The summed E-state index contributed by atoms with van der Waals surface area (Å²) in [6.07, 6.45) is 26.9. The number of unbranched alkanes of at least 4 members (excludes halogenated alkanes) is 16. The van der Waals surface area contributed by atoms with Gasteiger partial charge in [0.1, 0.15) is 0 Å². The van der Waals surface area contributed by atoms with E-state index in [4.69, 9.17) is 0 Å². The SMILES string of the molecule is CCCCCCCCCCCN(C)CCCNC(=O)Nc1cccc(Cc2cccc(NC(=O)NCCCN(C)CCCCCCCCCCC)c2)c1. The van der Waals surface area contributed by atoms with Gasteiger partial charge in [-0.15, -0.1) is 0 Å². The van der Waals surface area contributed by atoms with Crippen molar-refractivity contribution in [3.63, 3.8) is 0 Å². The van der Waals surface area contributed by atoms with Crippen molar-refractivity contribution in [1.29, 1.82) is 0 Å². The average molecular weight is 735 g/mol. The minimum atomic E-state index is -0.175. The van der Waals surface area contributed by atoms with Gasteiger partial charge in [0.05, 0.1) is 0 Å². The molecule has 0 unspecified atom stereocenters. The zero-order valence-electron chi connectivity index (χ0n) is 34.4. The van der Waals surface area contributed by atoms with Gasteiger partial charge in [-0.3, -0.25) is 0 Å². The number of urea groups is 2.